The number of nitrogens with zero attached hydrogens (tertiary/aromatic N) is 1. The predicted molar refractivity (Wildman–Crippen MR) is 67.4 cm³/mol. The number of carbonyl (C=O) groups excluding carboxylic acids is 2. The first kappa shape index (κ1) is 13.0. The van der Waals surface area contributed by atoms with E-state index in [0.717, 1.165) is 4.57 Å². The number of esters is 1. The molecule has 0 saturated heterocycles. The zero-order valence-electron chi connectivity index (χ0n) is 10.5. The van der Waals surface area contributed by atoms with Crippen LogP contribution in [0.15, 0.2) is 36.5 Å². The summed E-state index contributed by atoms with van der Waals surface area (Å²) in [7, 11) is 0. The van der Waals surface area contributed by atoms with Crippen LogP contribution >= 0.6 is 0 Å². The zero-order chi connectivity index (χ0) is 14.0. The van der Waals surface area contributed by atoms with Crippen LogP contribution in [0.5, 0.6) is 5.75 Å². The number of ether oxygens (including phenoxy) is 1. The second-order valence-corrected chi connectivity index (χ2v) is 4.00. The molecule has 19 heavy (non-hydrogen) atoms. The van der Waals surface area contributed by atoms with Gasteiger partial charge in [0.15, 0.2) is 11.6 Å². The lowest BCUT2D eigenvalue weighted by Crippen LogP contribution is -2.06. The number of benzene rings is 1. The summed E-state index contributed by atoms with van der Waals surface area (Å²) in [5, 5.41) is 0. The Morgan fingerprint density at radius 2 is 1.79 bits per heavy atom. The van der Waals surface area contributed by atoms with Crippen molar-refractivity contribution in [1.82, 2.24) is 4.57 Å². The summed E-state index contributed by atoms with van der Waals surface area (Å²) < 4.78 is 20.1. The van der Waals surface area contributed by atoms with Crippen molar-refractivity contribution in [2.45, 2.75) is 13.8 Å². The maximum atomic E-state index is 14.2. The van der Waals surface area contributed by atoms with Gasteiger partial charge >= 0.3 is 5.97 Å². The third kappa shape index (κ3) is 2.54. The molecule has 0 radical (unpaired) electrons. The van der Waals surface area contributed by atoms with Crippen LogP contribution < -0.4 is 4.74 Å². The summed E-state index contributed by atoms with van der Waals surface area (Å²) in [5.74, 6) is -1.98. The van der Waals surface area contributed by atoms with Crippen molar-refractivity contribution in [1.29, 1.82) is 0 Å². The van der Waals surface area contributed by atoms with E-state index in [1.54, 1.807) is 30.3 Å². The molecule has 1 heterocycles. The smallest absolute Gasteiger partial charge is 0.308 e. The van der Waals surface area contributed by atoms with Gasteiger partial charge in [0, 0.05) is 19.4 Å². The largest absolute Gasteiger partial charge is 0.422 e. The quantitative estimate of drug-likeness (QED) is 0.781. The van der Waals surface area contributed by atoms with Crippen molar-refractivity contribution in [3.05, 3.63) is 42.3 Å². The Hall–Kier alpha value is -2.43. The highest BCUT2D eigenvalue weighted by molar-refractivity contribution is 5.84. The molecule has 0 aliphatic heterocycles. The summed E-state index contributed by atoms with van der Waals surface area (Å²) in [4.78, 5) is 22.5. The lowest BCUT2D eigenvalue weighted by molar-refractivity contribution is -0.132. The Morgan fingerprint density at radius 1 is 1.16 bits per heavy atom. The second kappa shape index (κ2) is 5.06. The van der Waals surface area contributed by atoms with E-state index in [0.29, 0.717) is 5.56 Å². The minimum Gasteiger partial charge on any atom is -0.422 e. The Kier molecular flexibility index (Phi) is 3.46. The van der Waals surface area contributed by atoms with E-state index in [-0.39, 0.29) is 17.4 Å². The van der Waals surface area contributed by atoms with Crippen LogP contribution in [0, 0.1) is 5.82 Å². The molecule has 5 heteroatoms. The van der Waals surface area contributed by atoms with Crippen LogP contribution in [0.3, 0.4) is 0 Å². The molecular formula is C14H12FNO3. The first-order valence-corrected chi connectivity index (χ1v) is 5.66. The van der Waals surface area contributed by atoms with E-state index in [2.05, 4.69) is 0 Å². The SMILES string of the molecule is CC(=O)Oc1cn(C(C)=O)c(-c2ccccc2)c1F. The van der Waals surface area contributed by atoms with Gasteiger partial charge in [-0.15, -0.1) is 0 Å². The highest BCUT2D eigenvalue weighted by atomic mass is 19.1. The van der Waals surface area contributed by atoms with Gasteiger partial charge < -0.3 is 4.74 Å². The van der Waals surface area contributed by atoms with Crippen molar-refractivity contribution in [2.75, 3.05) is 0 Å². The van der Waals surface area contributed by atoms with Crippen molar-refractivity contribution < 1.29 is 18.7 Å². The highest BCUT2D eigenvalue weighted by Crippen LogP contribution is 2.31. The van der Waals surface area contributed by atoms with Gasteiger partial charge in [-0.2, -0.15) is 0 Å². The Bertz CT molecular complexity index is 632. The molecule has 2 aromatic rings. The van der Waals surface area contributed by atoms with Gasteiger partial charge in [0.1, 0.15) is 0 Å². The van der Waals surface area contributed by atoms with E-state index in [9.17, 15) is 14.0 Å². The predicted octanol–water partition coefficient (Wildman–Crippen LogP) is 2.88. The standard InChI is InChI=1S/C14H12FNO3/c1-9(17)16-8-12(19-10(2)18)13(15)14(16)11-6-4-3-5-7-11/h3-8H,1-2H3. The van der Waals surface area contributed by atoms with Crippen LogP contribution in [0.1, 0.15) is 18.6 Å². The average Bonchev–Trinajstić information content (AvgIpc) is 2.67. The molecule has 0 aliphatic rings. The van der Waals surface area contributed by atoms with Crippen LogP contribution in [0.25, 0.3) is 11.3 Å². The van der Waals surface area contributed by atoms with Gasteiger partial charge in [-0.3, -0.25) is 14.2 Å². The molecule has 0 bridgehead atoms. The molecule has 0 spiro atoms. The van der Waals surface area contributed by atoms with Gasteiger partial charge in [-0.1, -0.05) is 30.3 Å². The van der Waals surface area contributed by atoms with Crippen molar-refractivity contribution in [2.24, 2.45) is 0 Å². The number of hydrogen-bond acceptors (Lipinski definition) is 3. The monoisotopic (exact) mass is 261 g/mol. The molecule has 1 aromatic heterocycles. The second-order valence-electron chi connectivity index (χ2n) is 4.00. The molecule has 0 unspecified atom stereocenters. The molecular weight excluding hydrogens is 249 g/mol. The third-order valence-corrected chi connectivity index (χ3v) is 2.55. The molecule has 2 rings (SSSR count). The van der Waals surface area contributed by atoms with E-state index >= 15 is 0 Å². The molecule has 0 fully saturated rings. The fourth-order valence-corrected chi connectivity index (χ4v) is 1.80. The number of aromatic nitrogens is 1. The summed E-state index contributed by atoms with van der Waals surface area (Å²) in [5.41, 5.74) is 0.623. The fraction of sp³-hybridized carbons (Fsp3) is 0.143. The zero-order valence-corrected chi connectivity index (χ0v) is 10.5. The molecule has 1 aromatic carbocycles. The van der Waals surface area contributed by atoms with Gasteiger partial charge in [0.2, 0.25) is 5.91 Å². The van der Waals surface area contributed by atoms with Crippen LogP contribution in [0.4, 0.5) is 4.39 Å². The number of halogens is 1. The molecule has 0 amide bonds. The molecule has 4 nitrogen and oxygen atoms in total. The van der Waals surface area contributed by atoms with Crippen molar-refractivity contribution in [3.63, 3.8) is 0 Å². The van der Waals surface area contributed by atoms with Gasteiger partial charge in [-0.05, 0) is 0 Å². The third-order valence-electron chi connectivity index (χ3n) is 2.55. The highest BCUT2D eigenvalue weighted by Gasteiger charge is 2.21. The Balaban J connectivity index is 2.61. The molecule has 0 aliphatic carbocycles. The summed E-state index contributed by atoms with van der Waals surface area (Å²) in [6.07, 6.45) is 1.18. The molecule has 0 atom stereocenters. The molecule has 98 valence electrons. The van der Waals surface area contributed by atoms with Gasteiger partial charge in [0.05, 0.1) is 11.9 Å². The van der Waals surface area contributed by atoms with Crippen LogP contribution in [-0.2, 0) is 4.79 Å². The summed E-state index contributed by atoms with van der Waals surface area (Å²) in [6.45, 7) is 2.48. The maximum absolute atomic E-state index is 14.2. The van der Waals surface area contributed by atoms with E-state index in [4.69, 9.17) is 4.74 Å². The van der Waals surface area contributed by atoms with Crippen LogP contribution in [-0.4, -0.2) is 16.4 Å². The van der Waals surface area contributed by atoms with Gasteiger partial charge in [0.25, 0.3) is 0 Å². The molecule has 0 saturated carbocycles. The number of carbonyl (C=O) groups is 2. The van der Waals surface area contributed by atoms with E-state index < -0.39 is 11.8 Å². The summed E-state index contributed by atoms with van der Waals surface area (Å²) in [6, 6.07) is 8.61. The number of hydrogen-bond donors (Lipinski definition) is 0. The maximum Gasteiger partial charge on any atom is 0.308 e. The Labute approximate surface area is 109 Å². The number of rotatable bonds is 2. The average molecular weight is 261 g/mol. The van der Waals surface area contributed by atoms with Crippen LogP contribution in [0.2, 0.25) is 0 Å². The minimum absolute atomic E-state index is 0.0874. The normalized spacial score (nSPS) is 10.3. The lowest BCUT2D eigenvalue weighted by Gasteiger charge is -2.04. The minimum atomic E-state index is -0.725. The molecule has 0 N–H and O–H groups in total. The topological polar surface area (TPSA) is 48.3 Å². The first-order chi connectivity index (χ1) is 9.00. The van der Waals surface area contributed by atoms with Crippen molar-refractivity contribution >= 4 is 11.9 Å². The van der Waals surface area contributed by atoms with E-state index in [1.807, 2.05) is 0 Å². The van der Waals surface area contributed by atoms with E-state index in [1.165, 1.54) is 20.0 Å². The Morgan fingerprint density at radius 3 is 2.32 bits per heavy atom. The first-order valence-electron chi connectivity index (χ1n) is 5.66. The lowest BCUT2D eigenvalue weighted by atomic mass is 10.1. The van der Waals surface area contributed by atoms with Crippen molar-refractivity contribution in [3.8, 4) is 17.0 Å². The van der Waals surface area contributed by atoms with Gasteiger partial charge in [-0.25, -0.2) is 4.39 Å². The fourth-order valence-electron chi connectivity index (χ4n) is 1.80. The summed E-state index contributed by atoms with van der Waals surface area (Å²) >= 11 is 0.